The van der Waals surface area contributed by atoms with Crippen molar-refractivity contribution in [1.29, 1.82) is 0 Å². The first-order valence-electron chi connectivity index (χ1n) is 22.3. The number of carbonyl (C=O) groups is 1. The van der Waals surface area contributed by atoms with E-state index in [0.29, 0.717) is 6.42 Å². The normalized spacial score (nSPS) is 13.7. The van der Waals surface area contributed by atoms with E-state index < -0.39 is 28.0 Å². The molecule has 7 heteroatoms. The van der Waals surface area contributed by atoms with Crippen LogP contribution in [0.3, 0.4) is 0 Å². The van der Waals surface area contributed by atoms with Gasteiger partial charge in [0.25, 0.3) is 10.1 Å². The SMILES string of the molecule is CCCCCCCC/C=C\CCCCCCCCCC(=O)NC(CS(=O)(=O)O)C(O)/C=C/CC/C=C/CC/C=C/CCCCCCCCCCCCC. The first-order valence-corrected chi connectivity index (χ1v) is 23.9. The molecule has 0 aromatic carbocycles. The van der Waals surface area contributed by atoms with E-state index in [4.69, 9.17) is 0 Å². The predicted octanol–water partition coefficient (Wildman–Crippen LogP) is 13.5. The number of aliphatic hydroxyl groups is 1. The van der Waals surface area contributed by atoms with Gasteiger partial charge in [-0.1, -0.05) is 191 Å². The number of carbonyl (C=O) groups excluding carboxylic acids is 1. The smallest absolute Gasteiger partial charge is 0.267 e. The molecule has 1 amide bonds. The van der Waals surface area contributed by atoms with E-state index in [9.17, 15) is 22.9 Å². The molecule has 0 aliphatic rings. The lowest BCUT2D eigenvalue weighted by molar-refractivity contribution is -0.122. The van der Waals surface area contributed by atoms with Gasteiger partial charge in [-0.15, -0.1) is 0 Å². The minimum atomic E-state index is -4.36. The van der Waals surface area contributed by atoms with Crippen molar-refractivity contribution < 1.29 is 22.9 Å². The molecule has 0 saturated carbocycles. The number of hydrogen-bond acceptors (Lipinski definition) is 4. The van der Waals surface area contributed by atoms with Gasteiger partial charge >= 0.3 is 0 Å². The molecule has 0 aromatic heterocycles. The largest absolute Gasteiger partial charge is 0.387 e. The molecule has 0 saturated heterocycles. The second-order valence-electron chi connectivity index (χ2n) is 15.3. The molecule has 3 N–H and O–H groups in total. The van der Waals surface area contributed by atoms with Crippen LogP contribution in [-0.4, -0.2) is 41.9 Å². The summed E-state index contributed by atoms with van der Waals surface area (Å²) < 4.78 is 32.5. The molecule has 0 fully saturated rings. The standard InChI is InChI=1S/C46H85NO5S/c1-3-5-7-9-11-13-15-17-19-21-22-23-24-26-27-29-31-33-35-37-39-41-45(48)44(43-53(50,51)52)47-46(49)42-40-38-36-34-32-30-28-25-20-18-16-14-12-10-8-6-4-2/h18,20,24,26,31,33,39,41,44-45,48H,3-17,19,21-23,25,27-30,32,34-38,40,42-43H2,1-2H3,(H,47,49)(H,50,51,52)/b20-18-,26-24+,33-31+,41-39+. The summed E-state index contributed by atoms with van der Waals surface area (Å²) >= 11 is 0. The number of hydrogen-bond donors (Lipinski definition) is 3. The number of aliphatic hydroxyl groups excluding tert-OH is 1. The molecule has 2 unspecified atom stereocenters. The molecule has 0 aliphatic heterocycles. The van der Waals surface area contributed by atoms with Crippen LogP contribution in [0.4, 0.5) is 0 Å². The summed E-state index contributed by atoms with van der Waals surface area (Å²) in [7, 11) is -4.36. The summed E-state index contributed by atoms with van der Waals surface area (Å²) in [6.07, 6.45) is 53.9. The number of amides is 1. The number of allylic oxidation sites excluding steroid dienone is 7. The quantitative estimate of drug-likeness (QED) is 0.0327. The summed E-state index contributed by atoms with van der Waals surface area (Å²) in [6, 6.07) is -1.08. The number of rotatable bonds is 40. The summed E-state index contributed by atoms with van der Waals surface area (Å²) in [4.78, 5) is 12.5. The van der Waals surface area contributed by atoms with Crippen LogP contribution in [0.15, 0.2) is 48.6 Å². The van der Waals surface area contributed by atoms with Crippen molar-refractivity contribution in [3.8, 4) is 0 Å². The van der Waals surface area contributed by atoms with Gasteiger partial charge in [0.2, 0.25) is 5.91 Å². The lowest BCUT2D eigenvalue weighted by Crippen LogP contribution is -2.46. The second kappa shape index (κ2) is 40.0. The molecule has 0 radical (unpaired) electrons. The lowest BCUT2D eigenvalue weighted by Gasteiger charge is -2.21. The molecule has 2 atom stereocenters. The summed E-state index contributed by atoms with van der Waals surface area (Å²) in [5.41, 5.74) is 0. The Morgan fingerprint density at radius 1 is 0.491 bits per heavy atom. The monoisotopic (exact) mass is 764 g/mol. The third-order valence-corrected chi connectivity index (χ3v) is 10.7. The van der Waals surface area contributed by atoms with Gasteiger partial charge in [-0.05, 0) is 70.6 Å². The van der Waals surface area contributed by atoms with Gasteiger partial charge in [0.05, 0.1) is 17.9 Å². The van der Waals surface area contributed by atoms with Crippen molar-refractivity contribution >= 4 is 16.0 Å². The Morgan fingerprint density at radius 3 is 1.19 bits per heavy atom. The third-order valence-electron chi connectivity index (χ3n) is 9.96. The topological polar surface area (TPSA) is 104 Å². The van der Waals surface area contributed by atoms with E-state index in [0.717, 1.165) is 51.4 Å². The Morgan fingerprint density at radius 2 is 0.811 bits per heavy atom. The van der Waals surface area contributed by atoms with Crippen LogP contribution in [0, 0.1) is 0 Å². The average Bonchev–Trinajstić information content (AvgIpc) is 3.12. The first kappa shape index (κ1) is 51.3. The Bertz CT molecular complexity index is 1020. The highest BCUT2D eigenvalue weighted by molar-refractivity contribution is 7.85. The van der Waals surface area contributed by atoms with Gasteiger partial charge in [-0.2, -0.15) is 8.42 Å². The van der Waals surface area contributed by atoms with Gasteiger partial charge in [-0.25, -0.2) is 0 Å². The van der Waals surface area contributed by atoms with E-state index >= 15 is 0 Å². The number of nitrogens with one attached hydrogen (secondary N) is 1. The fourth-order valence-electron chi connectivity index (χ4n) is 6.59. The van der Waals surface area contributed by atoms with Crippen LogP contribution in [0.2, 0.25) is 0 Å². The lowest BCUT2D eigenvalue weighted by atomic mass is 10.1. The van der Waals surface area contributed by atoms with Crippen LogP contribution in [-0.2, 0) is 14.9 Å². The molecule has 0 rings (SSSR count). The van der Waals surface area contributed by atoms with Crippen molar-refractivity contribution in [3.05, 3.63) is 48.6 Å². The van der Waals surface area contributed by atoms with Gasteiger partial charge in [0.15, 0.2) is 0 Å². The zero-order valence-corrected chi connectivity index (χ0v) is 35.5. The predicted molar refractivity (Wildman–Crippen MR) is 230 cm³/mol. The highest BCUT2D eigenvalue weighted by Gasteiger charge is 2.24. The van der Waals surface area contributed by atoms with Gasteiger partial charge < -0.3 is 10.4 Å². The Balaban J connectivity index is 3.96. The van der Waals surface area contributed by atoms with Gasteiger partial charge in [-0.3, -0.25) is 9.35 Å². The second-order valence-corrected chi connectivity index (χ2v) is 16.8. The molecule has 0 heterocycles. The summed E-state index contributed by atoms with van der Waals surface area (Å²) in [5.74, 6) is -1.01. The van der Waals surface area contributed by atoms with Crippen LogP contribution >= 0.6 is 0 Å². The molecule has 6 nitrogen and oxygen atoms in total. The van der Waals surface area contributed by atoms with Crippen molar-refractivity contribution in [2.24, 2.45) is 0 Å². The fourth-order valence-corrected chi connectivity index (χ4v) is 7.33. The zero-order chi connectivity index (χ0) is 38.9. The van der Waals surface area contributed by atoms with Crippen LogP contribution in [0.5, 0.6) is 0 Å². The molecule has 0 aromatic rings. The summed E-state index contributed by atoms with van der Waals surface area (Å²) in [5, 5.41) is 13.2. The molecular weight excluding hydrogens is 679 g/mol. The maximum atomic E-state index is 12.5. The average molecular weight is 764 g/mol. The molecule has 53 heavy (non-hydrogen) atoms. The fraction of sp³-hybridized carbons (Fsp3) is 0.804. The van der Waals surface area contributed by atoms with Crippen molar-refractivity contribution in [2.45, 2.75) is 231 Å². The highest BCUT2D eigenvalue weighted by atomic mass is 32.2. The van der Waals surface area contributed by atoms with Gasteiger partial charge in [0.1, 0.15) is 0 Å². The van der Waals surface area contributed by atoms with Crippen LogP contribution in [0.1, 0.15) is 219 Å². The van der Waals surface area contributed by atoms with Crippen LogP contribution < -0.4 is 5.32 Å². The Hall–Kier alpha value is -1.70. The van der Waals surface area contributed by atoms with E-state index in [2.05, 4.69) is 55.6 Å². The van der Waals surface area contributed by atoms with E-state index in [1.54, 1.807) is 6.08 Å². The number of unbranched alkanes of at least 4 members (excludes halogenated alkanes) is 26. The highest BCUT2D eigenvalue weighted by Crippen LogP contribution is 2.14. The first-order chi connectivity index (χ1) is 25.8. The molecule has 0 aliphatic carbocycles. The molecule has 310 valence electrons. The molecule has 0 bridgehead atoms. The zero-order valence-electron chi connectivity index (χ0n) is 34.6. The van der Waals surface area contributed by atoms with Crippen molar-refractivity contribution in [2.75, 3.05) is 5.75 Å². The minimum absolute atomic E-state index is 0.279. The van der Waals surface area contributed by atoms with Crippen molar-refractivity contribution in [1.82, 2.24) is 5.32 Å². The Kier molecular flexibility index (Phi) is 38.7. The van der Waals surface area contributed by atoms with E-state index in [1.165, 1.54) is 147 Å². The van der Waals surface area contributed by atoms with E-state index in [1.807, 2.05) is 0 Å². The maximum Gasteiger partial charge on any atom is 0.267 e. The van der Waals surface area contributed by atoms with Crippen molar-refractivity contribution in [3.63, 3.8) is 0 Å². The molecular formula is C46H85NO5S. The minimum Gasteiger partial charge on any atom is -0.387 e. The van der Waals surface area contributed by atoms with Crippen LogP contribution in [0.25, 0.3) is 0 Å². The maximum absolute atomic E-state index is 12.5. The summed E-state index contributed by atoms with van der Waals surface area (Å²) in [6.45, 7) is 4.53. The van der Waals surface area contributed by atoms with E-state index in [-0.39, 0.29) is 12.3 Å². The molecule has 0 spiro atoms. The van der Waals surface area contributed by atoms with Gasteiger partial charge in [0, 0.05) is 6.42 Å². The Labute approximate surface area is 329 Å². The third kappa shape index (κ3) is 41.3.